The lowest BCUT2D eigenvalue weighted by Gasteiger charge is -2.22. The summed E-state index contributed by atoms with van der Waals surface area (Å²) in [5.41, 5.74) is -2.03. The number of ether oxygens (including phenoxy) is 1. The average molecular weight is 487 g/mol. The normalized spacial score (nSPS) is 17.8. The second-order valence-electron chi connectivity index (χ2n) is 7.19. The Hall–Kier alpha value is -3.05. The molecule has 0 saturated carbocycles. The van der Waals surface area contributed by atoms with E-state index in [2.05, 4.69) is 25.0 Å². The topological polar surface area (TPSA) is 96.2 Å². The molecule has 12 heteroatoms. The summed E-state index contributed by atoms with van der Waals surface area (Å²) in [6.07, 6.45) is -4.73. The number of benzene rings is 1. The molecule has 0 bridgehead atoms. The number of hydrogen-bond donors (Lipinski definition) is 2. The number of carbonyl (C=O) groups is 1. The van der Waals surface area contributed by atoms with Crippen LogP contribution in [0.25, 0.3) is 0 Å². The Kier molecular flexibility index (Phi) is 7.03. The first-order valence-corrected chi connectivity index (χ1v) is 10.0. The van der Waals surface area contributed by atoms with Gasteiger partial charge >= 0.3 is 12.1 Å². The summed E-state index contributed by atoms with van der Waals surface area (Å²) in [5.74, 6) is -1.60. The summed E-state index contributed by atoms with van der Waals surface area (Å²) in [6, 6.07) is 2.06. The lowest BCUT2D eigenvalue weighted by Crippen LogP contribution is -2.50. The quantitative estimate of drug-likeness (QED) is 0.508. The number of nitrogens with one attached hydrogen (secondary N) is 1. The third kappa shape index (κ3) is 4.98. The average Bonchev–Trinajstić information content (AvgIpc) is 2.87. The van der Waals surface area contributed by atoms with E-state index in [-0.39, 0.29) is 28.5 Å². The molecule has 3 unspecified atom stereocenters. The molecule has 2 aromatic rings. The van der Waals surface area contributed by atoms with Crippen molar-refractivity contribution >= 4 is 34.8 Å². The van der Waals surface area contributed by atoms with Gasteiger partial charge in [-0.05, 0) is 38.1 Å². The van der Waals surface area contributed by atoms with Crippen LogP contribution in [0, 0.1) is 5.82 Å². The first-order valence-electron chi connectivity index (χ1n) is 9.65. The van der Waals surface area contributed by atoms with Gasteiger partial charge in [-0.25, -0.2) is 14.2 Å². The molecule has 0 saturated heterocycles. The number of esters is 1. The molecule has 33 heavy (non-hydrogen) atoms. The van der Waals surface area contributed by atoms with Crippen molar-refractivity contribution in [2.45, 2.75) is 38.2 Å². The summed E-state index contributed by atoms with van der Waals surface area (Å²) in [6.45, 7) is 2.86. The van der Waals surface area contributed by atoms with E-state index < -0.39 is 46.7 Å². The van der Waals surface area contributed by atoms with E-state index in [1.54, 1.807) is 0 Å². The van der Waals surface area contributed by atoms with Crippen LogP contribution in [-0.4, -0.2) is 52.9 Å². The molecule has 0 aliphatic carbocycles. The Morgan fingerprint density at radius 1 is 1.30 bits per heavy atom. The summed E-state index contributed by atoms with van der Waals surface area (Å²) < 4.78 is 59.9. The predicted molar refractivity (Wildman–Crippen MR) is 113 cm³/mol. The van der Waals surface area contributed by atoms with E-state index in [1.165, 1.54) is 26.1 Å². The van der Waals surface area contributed by atoms with E-state index in [4.69, 9.17) is 11.6 Å². The Balaban J connectivity index is 2.26. The zero-order valence-corrected chi connectivity index (χ0v) is 18.4. The third-order valence-corrected chi connectivity index (χ3v) is 5.24. The molecule has 3 rings (SSSR count). The van der Waals surface area contributed by atoms with E-state index in [1.807, 2.05) is 0 Å². The molecule has 1 aliphatic heterocycles. The van der Waals surface area contributed by atoms with Gasteiger partial charge in [-0.3, -0.25) is 9.98 Å². The number of aliphatic hydroxyl groups is 1. The van der Waals surface area contributed by atoms with Crippen LogP contribution >= 0.6 is 11.6 Å². The SMILES string of the molecule is COC(=O)C(NC1=Nc2ccc(C(F)(F)F)c(Cl)c2C(c2ncccc2F)=NC1C)C(C)O. The predicted octanol–water partition coefficient (Wildman–Crippen LogP) is 3.67. The maximum absolute atomic E-state index is 14.6. The third-order valence-electron chi connectivity index (χ3n) is 4.85. The van der Waals surface area contributed by atoms with Gasteiger partial charge in [0.15, 0.2) is 11.9 Å². The number of aliphatic imine (C=N–C) groups is 2. The number of carbonyl (C=O) groups excluding carboxylic acids is 1. The Labute approximate surface area is 191 Å². The minimum absolute atomic E-state index is 0.0229. The maximum atomic E-state index is 14.6. The van der Waals surface area contributed by atoms with Gasteiger partial charge in [0, 0.05) is 11.8 Å². The number of pyridine rings is 1. The molecule has 1 aromatic carbocycles. The van der Waals surface area contributed by atoms with Gasteiger partial charge in [-0.15, -0.1) is 0 Å². The van der Waals surface area contributed by atoms with Gasteiger partial charge in [0.2, 0.25) is 0 Å². The van der Waals surface area contributed by atoms with Gasteiger partial charge in [-0.1, -0.05) is 11.6 Å². The molecule has 1 aromatic heterocycles. The molecule has 0 amide bonds. The van der Waals surface area contributed by atoms with Crippen LogP contribution in [0.4, 0.5) is 23.2 Å². The Morgan fingerprint density at radius 3 is 2.58 bits per heavy atom. The fraction of sp³-hybridized carbons (Fsp3) is 0.333. The highest BCUT2D eigenvalue weighted by molar-refractivity contribution is 6.37. The number of nitrogens with zero attached hydrogens (tertiary/aromatic N) is 3. The van der Waals surface area contributed by atoms with Crippen molar-refractivity contribution in [3.63, 3.8) is 0 Å². The van der Waals surface area contributed by atoms with Crippen molar-refractivity contribution < 1.29 is 32.2 Å². The summed E-state index contributed by atoms with van der Waals surface area (Å²) in [7, 11) is 1.13. The van der Waals surface area contributed by atoms with E-state index in [0.29, 0.717) is 0 Å². The van der Waals surface area contributed by atoms with Gasteiger partial charge < -0.3 is 15.2 Å². The van der Waals surface area contributed by atoms with Gasteiger partial charge in [0.25, 0.3) is 0 Å². The minimum Gasteiger partial charge on any atom is -0.467 e. The van der Waals surface area contributed by atoms with Gasteiger partial charge in [0.1, 0.15) is 17.6 Å². The van der Waals surface area contributed by atoms with Crippen LogP contribution in [0.15, 0.2) is 40.4 Å². The maximum Gasteiger partial charge on any atom is 0.417 e. The van der Waals surface area contributed by atoms with Gasteiger partial charge in [-0.2, -0.15) is 13.2 Å². The number of amidine groups is 1. The van der Waals surface area contributed by atoms with Crippen molar-refractivity contribution in [2.24, 2.45) is 9.98 Å². The number of methoxy groups -OCH3 is 1. The zero-order chi connectivity index (χ0) is 24.5. The minimum atomic E-state index is -4.79. The number of halogens is 5. The number of hydrogen-bond acceptors (Lipinski definition) is 7. The second kappa shape index (κ2) is 9.44. The summed E-state index contributed by atoms with van der Waals surface area (Å²) in [4.78, 5) is 24.7. The van der Waals surface area contributed by atoms with Crippen molar-refractivity contribution in [2.75, 3.05) is 7.11 Å². The van der Waals surface area contributed by atoms with Crippen molar-refractivity contribution in [3.8, 4) is 0 Å². The number of aromatic nitrogens is 1. The number of fused-ring (bicyclic) bond motifs is 1. The zero-order valence-electron chi connectivity index (χ0n) is 17.6. The Morgan fingerprint density at radius 2 is 2.00 bits per heavy atom. The molecule has 2 N–H and O–H groups in total. The fourth-order valence-electron chi connectivity index (χ4n) is 3.20. The number of rotatable bonds is 4. The van der Waals surface area contributed by atoms with Crippen LogP contribution in [0.5, 0.6) is 0 Å². The van der Waals surface area contributed by atoms with Gasteiger partial charge in [0.05, 0.1) is 35.2 Å². The molecule has 7 nitrogen and oxygen atoms in total. The highest BCUT2D eigenvalue weighted by Crippen LogP contribution is 2.41. The molecule has 1 aliphatic rings. The molecular weight excluding hydrogens is 468 g/mol. The number of alkyl halides is 3. The van der Waals surface area contributed by atoms with Crippen LogP contribution in [0.3, 0.4) is 0 Å². The van der Waals surface area contributed by atoms with Crippen molar-refractivity contribution in [1.29, 1.82) is 0 Å². The lowest BCUT2D eigenvalue weighted by molar-refractivity contribution is -0.145. The lowest BCUT2D eigenvalue weighted by atomic mass is 10.0. The second-order valence-corrected chi connectivity index (χ2v) is 7.57. The van der Waals surface area contributed by atoms with E-state index in [0.717, 1.165) is 25.3 Å². The molecule has 0 radical (unpaired) electrons. The monoisotopic (exact) mass is 486 g/mol. The van der Waals surface area contributed by atoms with Crippen LogP contribution in [0.1, 0.15) is 30.7 Å². The highest BCUT2D eigenvalue weighted by atomic mass is 35.5. The Bertz CT molecular complexity index is 1130. The van der Waals surface area contributed by atoms with Crippen molar-refractivity contribution in [1.82, 2.24) is 10.3 Å². The van der Waals surface area contributed by atoms with E-state index >= 15 is 0 Å². The molecule has 2 heterocycles. The molecule has 0 fully saturated rings. The molecule has 176 valence electrons. The smallest absolute Gasteiger partial charge is 0.417 e. The van der Waals surface area contributed by atoms with E-state index in [9.17, 15) is 27.5 Å². The molecule has 0 spiro atoms. The molecular formula is C21H19ClF4N4O3. The summed E-state index contributed by atoms with van der Waals surface area (Å²) in [5, 5.41) is 12.0. The van der Waals surface area contributed by atoms with Crippen LogP contribution in [-0.2, 0) is 15.7 Å². The first kappa shape index (κ1) is 24.6. The largest absolute Gasteiger partial charge is 0.467 e. The van der Waals surface area contributed by atoms with Crippen LogP contribution in [0.2, 0.25) is 5.02 Å². The van der Waals surface area contributed by atoms with Crippen LogP contribution < -0.4 is 5.32 Å². The molecule has 3 atom stereocenters. The highest BCUT2D eigenvalue weighted by Gasteiger charge is 2.37. The fourth-order valence-corrected chi connectivity index (χ4v) is 3.56. The number of aliphatic hydroxyl groups excluding tert-OH is 1. The standard InChI is InChI=1S/C21H19ClF4N4O3/c1-9-19(30-16(10(2)31)20(32)33-3)29-13-7-6-11(21(24,25)26)15(22)14(13)18(28-9)17-12(23)5-4-8-27-17/h4-10,16,31H,1-3H3,(H,29,30). The van der Waals surface area contributed by atoms with Crippen molar-refractivity contribution in [3.05, 3.63) is 58.1 Å². The first-order chi connectivity index (χ1) is 15.5. The summed E-state index contributed by atoms with van der Waals surface area (Å²) >= 11 is 6.15.